The molecule has 2 amide bonds. The maximum Gasteiger partial charge on any atom is 0.257 e. The molecule has 8 heteroatoms. The van der Waals surface area contributed by atoms with Crippen molar-refractivity contribution < 1.29 is 19.1 Å². The fraction of sp³-hybridized carbons (Fsp3) is 0.333. The van der Waals surface area contributed by atoms with Crippen LogP contribution in [-0.2, 0) is 9.59 Å². The minimum absolute atomic E-state index is 0.118. The molecule has 0 saturated carbocycles. The Morgan fingerprint density at radius 3 is 2.78 bits per heavy atom. The molecule has 1 aromatic carbocycles. The van der Waals surface area contributed by atoms with Crippen LogP contribution in [0.1, 0.15) is 10.4 Å². The highest BCUT2D eigenvalue weighted by molar-refractivity contribution is 6.14. The number of guanidine groups is 1. The van der Waals surface area contributed by atoms with E-state index in [0.717, 1.165) is 0 Å². The molecule has 0 aliphatic carbocycles. The molecule has 1 unspecified atom stereocenters. The van der Waals surface area contributed by atoms with Gasteiger partial charge in [0.1, 0.15) is 12.3 Å². The summed E-state index contributed by atoms with van der Waals surface area (Å²) in [7, 11) is 1.55. The van der Waals surface area contributed by atoms with Crippen molar-refractivity contribution in [1.82, 2.24) is 15.5 Å². The average Bonchev–Trinajstić information content (AvgIpc) is 2.57. The minimum Gasteiger partial charge on any atom is -0.497 e. The van der Waals surface area contributed by atoms with E-state index in [0.29, 0.717) is 24.4 Å². The van der Waals surface area contributed by atoms with Crippen LogP contribution in [0, 0.1) is 0 Å². The van der Waals surface area contributed by atoms with Crippen molar-refractivity contribution in [1.29, 1.82) is 0 Å². The van der Waals surface area contributed by atoms with Gasteiger partial charge in [-0.25, -0.2) is 4.99 Å². The number of hydrogen-bond acceptors (Lipinski definition) is 6. The second-order valence-corrected chi connectivity index (χ2v) is 5.18. The van der Waals surface area contributed by atoms with Gasteiger partial charge < -0.3 is 15.0 Å². The molecular formula is C15H16N4O4. The Morgan fingerprint density at radius 1 is 1.35 bits per heavy atom. The van der Waals surface area contributed by atoms with Gasteiger partial charge in [-0.15, -0.1) is 0 Å². The Morgan fingerprint density at radius 2 is 2.09 bits per heavy atom. The summed E-state index contributed by atoms with van der Waals surface area (Å²) in [4.78, 5) is 41.7. The molecule has 1 atom stereocenters. The van der Waals surface area contributed by atoms with Crippen LogP contribution in [0.2, 0.25) is 0 Å². The lowest BCUT2D eigenvalue weighted by molar-refractivity contribution is -0.135. The summed E-state index contributed by atoms with van der Waals surface area (Å²) < 4.78 is 5.05. The number of methoxy groups -OCH3 is 1. The van der Waals surface area contributed by atoms with Crippen LogP contribution in [0.5, 0.6) is 5.75 Å². The molecule has 2 heterocycles. The number of Topliss-reactive ketones (excluding diaryl/α,β-unsaturated/α-hetero) is 1. The maximum absolute atomic E-state index is 12.3. The van der Waals surface area contributed by atoms with Crippen LogP contribution in [0.25, 0.3) is 0 Å². The summed E-state index contributed by atoms with van der Waals surface area (Å²) in [6.45, 7) is 0.705. The largest absolute Gasteiger partial charge is 0.497 e. The van der Waals surface area contributed by atoms with Crippen molar-refractivity contribution in [3.63, 3.8) is 0 Å². The summed E-state index contributed by atoms with van der Waals surface area (Å²) in [5.74, 6) is -0.0809. The molecule has 1 aromatic rings. The number of benzene rings is 1. The molecule has 0 bridgehead atoms. The van der Waals surface area contributed by atoms with Crippen molar-refractivity contribution in [2.75, 3.05) is 26.7 Å². The van der Waals surface area contributed by atoms with Crippen LogP contribution >= 0.6 is 0 Å². The van der Waals surface area contributed by atoms with Gasteiger partial charge >= 0.3 is 0 Å². The van der Waals surface area contributed by atoms with Gasteiger partial charge in [0.25, 0.3) is 11.8 Å². The van der Waals surface area contributed by atoms with Gasteiger partial charge in [0.15, 0.2) is 11.8 Å². The third-order valence-electron chi connectivity index (χ3n) is 3.75. The van der Waals surface area contributed by atoms with Crippen LogP contribution in [0.3, 0.4) is 0 Å². The van der Waals surface area contributed by atoms with Gasteiger partial charge in [-0.1, -0.05) is 0 Å². The van der Waals surface area contributed by atoms with Gasteiger partial charge in [-0.2, -0.15) is 0 Å². The summed E-state index contributed by atoms with van der Waals surface area (Å²) in [5.41, 5.74) is 0.434. The highest BCUT2D eigenvalue weighted by Crippen LogP contribution is 2.14. The summed E-state index contributed by atoms with van der Waals surface area (Å²) in [6.07, 6.45) is 0. The van der Waals surface area contributed by atoms with Gasteiger partial charge in [-0.3, -0.25) is 19.7 Å². The van der Waals surface area contributed by atoms with E-state index in [-0.39, 0.29) is 30.1 Å². The number of fused-ring (bicyclic) bond motifs is 1. The Balaban J connectivity index is 1.77. The quantitative estimate of drug-likeness (QED) is 0.693. The second-order valence-electron chi connectivity index (χ2n) is 5.18. The molecule has 2 aliphatic heterocycles. The molecular weight excluding hydrogens is 300 g/mol. The number of carbonyl (C=O) groups excluding carboxylic acids is 3. The topological polar surface area (TPSA) is 100 Å². The Bertz CT molecular complexity index is 683. The number of piperazine rings is 1. The van der Waals surface area contributed by atoms with Crippen LogP contribution in [-0.4, -0.2) is 61.2 Å². The molecule has 120 valence electrons. The first-order valence-corrected chi connectivity index (χ1v) is 7.17. The van der Waals surface area contributed by atoms with Gasteiger partial charge in [-0.05, 0) is 24.3 Å². The Kier molecular flexibility index (Phi) is 3.96. The number of aliphatic imine (C=N–C) groups is 1. The van der Waals surface area contributed by atoms with E-state index in [1.165, 1.54) is 4.90 Å². The molecule has 2 N–H and O–H groups in total. The minimum atomic E-state index is -0.910. The number of nitrogens with zero attached hydrogens (tertiary/aromatic N) is 2. The number of carbonyl (C=O) groups is 3. The van der Waals surface area contributed by atoms with Crippen LogP contribution in [0.4, 0.5) is 0 Å². The lowest BCUT2D eigenvalue weighted by atomic mass is 10.1. The summed E-state index contributed by atoms with van der Waals surface area (Å²) >= 11 is 0. The standard InChI is InChI=1S/C15H16N4O4/c1-23-10-4-2-9(3-5-10)13(21)18-15-17-8-11(20)12-14(22)16-6-7-19(12)15/h2-5,12H,6-8H2,1H3,(H,16,22)(H,17,18,21). The molecule has 3 rings (SSSR count). The van der Waals surface area contributed by atoms with E-state index < -0.39 is 6.04 Å². The molecule has 23 heavy (non-hydrogen) atoms. The first-order valence-electron chi connectivity index (χ1n) is 7.17. The number of ketones is 1. The van der Waals surface area contributed by atoms with E-state index in [1.807, 2.05) is 0 Å². The Labute approximate surface area is 132 Å². The fourth-order valence-electron chi connectivity index (χ4n) is 2.57. The van der Waals surface area contributed by atoms with Gasteiger partial charge in [0, 0.05) is 18.7 Å². The fourth-order valence-corrected chi connectivity index (χ4v) is 2.57. The number of rotatable bonds is 2. The van der Waals surface area contributed by atoms with E-state index in [9.17, 15) is 14.4 Å². The third-order valence-corrected chi connectivity index (χ3v) is 3.75. The van der Waals surface area contributed by atoms with E-state index in [4.69, 9.17) is 4.74 Å². The molecule has 8 nitrogen and oxygen atoms in total. The van der Waals surface area contributed by atoms with E-state index in [1.54, 1.807) is 31.4 Å². The highest BCUT2D eigenvalue weighted by Gasteiger charge is 2.40. The molecule has 0 spiro atoms. The zero-order chi connectivity index (χ0) is 16.4. The lowest BCUT2D eigenvalue weighted by Crippen LogP contribution is -2.65. The normalized spacial score (nSPS) is 20.3. The molecule has 0 radical (unpaired) electrons. The first-order chi connectivity index (χ1) is 11.1. The number of nitrogens with one attached hydrogen (secondary N) is 2. The average molecular weight is 316 g/mol. The molecule has 2 aliphatic rings. The predicted octanol–water partition coefficient (Wildman–Crippen LogP) is -0.836. The van der Waals surface area contributed by atoms with E-state index in [2.05, 4.69) is 15.6 Å². The van der Waals surface area contributed by atoms with Crippen molar-refractivity contribution >= 4 is 23.6 Å². The zero-order valence-corrected chi connectivity index (χ0v) is 12.5. The van der Waals surface area contributed by atoms with E-state index >= 15 is 0 Å². The highest BCUT2D eigenvalue weighted by atomic mass is 16.5. The van der Waals surface area contributed by atoms with Crippen molar-refractivity contribution in [3.05, 3.63) is 29.8 Å². The lowest BCUT2D eigenvalue weighted by Gasteiger charge is -2.38. The Hall–Kier alpha value is -2.90. The predicted molar refractivity (Wildman–Crippen MR) is 81.3 cm³/mol. The third kappa shape index (κ3) is 2.87. The number of hydrogen-bond donors (Lipinski definition) is 2. The molecule has 1 saturated heterocycles. The number of ether oxygens (including phenoxy) is 1. The van der Waals surface area contributed by atoms with Gasteiger partial charge in [0.05, 0.1) is 7.11 Å². The smallest absolute Gasteiger partial charge is 0.257 e. The zero-order valence-electron chi connectivity index (χ0n) is 12.5. The summed E-state index contributed by atoms with van der Waals surface area (Å²) in [5, 5.41) is 5.32. The van der Waals surface area contributed by atoms with Crippen molar-refractivity contribution in [2.24, 2.45) is 4.99 Å². The van der Waals surface area contributed by atoms with Crippen LogP contribution < -0.4 is 15.4 Å². The first kappa shape index (κ1) is 15.0. The van der Waals surface area contributed by atoms with Crippen molar-refractivity contribution in [3.8, 4) is 5.75 Å². The van der Waals surface area contributed by atoms with Gasteiger partial charge in [0.2, 0.25) is 5.96 Å². The molecule has 1 fully saturated rings. The van der Waals surface area contributed by atoms with Crippen molar-refractivity contribution in [2.45, 2.75) is 6.04 Å². The monoisotopic (exact) mass is 316 g/mol. The number of amides is 2. The molecule has 0 aromatic heterocycles. The maximum atomic E-state index is 12.3. The SMILES string of the molecule is COc1ccc(C(=O)NC2=NCC(=O)C3C(=O)NCCN23)cc1. The summed E-state index contributed by atoms with van der Waals surface area (Å²) in [6, 6.07) is 5.70. The second kappa shape index (κ2) is 6.07. The van der Waals surface area contributed by atoms with Crippen LogP contribution in [0.15, 0.2) is 29.3 Å².